The van der Waals surface area contributed by atoms with E-state index in [4.69, 9.17) is 9.47 Å². The number of rotatable bonds is 3. The van der Waals surface area contributed by atoms with E-state index >= 15 is 0 Å². The maximum absolute atomic E-state index is 14.4. The Morgan fingerprint density at radius 1 is 0.933 bits per heavy atom. The zero-order valence-electron chi connectivity index (χ0n) is 28.1. The van der Waals surface area contributed by atoms with Gasteiger partial charge in [-0.05, 0) is 109 Å². The standard InChI is InChI=1S/C36H56O9/c1-18-10-13-36(31(43)45-30-28(41)27(40)26(39)22(17-37)44-30)15-14-34(6)20(25(36)19(18)2)8-9-24-33(5)16-21(38)29(42)32(3,4)23(33)11-12-35(24,34)7/h8,18,21-24,26-30,37-42H,9-17H2,1-7H3/t18-,21-,22-,23+,24-,26-,27+,28-,29-,30+,33+,34-,35-,36+/m1/s1. The molecule has 6 N–H and O–H groups in total. The summed E-state index contributed by atoms with van der Waals surface area (Å²) in [5.74, 6) is 0.373. The highest BCUT2D eigenvalue weighted by atomic mass is 16.7. The fraction of sp³-hybridized carbons (Fsp3) is 0.861. The minimum absolute atomic E-state index is 0.0955. The molecule has 9 heteroatoms. The summed E-state index contributed by atoms with van der Waals surface area (Å²) in [6.45, 7) is 15.1. The number of hydrogen-bond acceptors (Lipinski definition) is 9. The van der Waals surface area contributed by atoms with Crippen molar-refractivity contribution < 1.29 is 44.9 Å². The van der Waals surface area contributed by atoms with Gasteiger partial charge in [0.2, 0.25) is 6.29 Å². The molecule has 0 spiro atoms. The lowest BCUT2D eigenvalue weighted by atomic mass is 9.34. The van der Waals surface area contributed by atoms with Crippen LogP contribution in [0.15, 0.2) is 22.8 Å². The molecule has 1 aliphatic heterocycles. The van der Waals surface area contributed by atoms with Crippen LogP contribution in [0, 0.1) is 44.8 Å². The number of fused-ring (bicyclic) bond motifs is 7. The van der Waals surface area contributed by atoms with E-state index in [0.717, 1.165) is 37.7 Å². The largest absolute Gasteiger partial charge is 0.432 e. The van der Waals surface area contributed by atoms with Crippen LogP contribution in [-0.4, -0.2) is 86.1 Å². The fourth-order valence-corrected chi connectivity index (χ4v) is 11.7. The van der Waals surface area contributed by atoms with Crippen molar-refractivity contribution >= 4 is 5.97 Å². The van der Waals surface area contributed by atoms with Crippen molar-refractivity contribution in [3.63, 3.8) is 0 Å². The Kier molecular flexibility index (Phi) is 8.09. The number of hydrogen-bond donors (Lipinski definition) is 6. The van der Waals surface area contributed by atoms with E-state index in [1.807, 2.05) is 0 Å². The van der Waals surface area contributed by atoms with Crippen LogP contribution in [0.1, 0.15) is 99.8 Å². The van der Waals surface area contributed by atoms with Gasteiger partial charge in [0.25, 0.3) is 0 Å². The molecular weight excluding hydrogens is 576 g/mol. The predicted octanol–water partition coefficient (Wildman–Crippen LogP) is 3.38. The molecule has 0 amide bonds. The highest BCUT2D eigenvalue weighted by molar-refractivity contribution is 5.84. The van der Waals surface area contributed by atoms with E-state index < -0.39 is 66.3 Å². The van der Waals surface area contributed by atoms with Gasteiger partial charge in [0.15, 0.2) is 0 Å². The van der Waals surface area contributed by atoms with Gasteiger partial charge >= 0.3 is 5.97 Å². The molecule has 3 saturated carbocycles. The number of esters is 1. The second kappa shape index (κ2) is 10.8. The third-order valence-corrected chi connectivity index (χ3v) is 14.8. The Labute approximate surface area is 267 Å². The van der Waals surface area contributed by atoms with Gasteiger partial charge in [-0.1, -0.05) is 53.2 Å². The van der Waals surface area contributed by atoms with Gasteiger partial charge in [-0.2, -0.15) is 0 Å². The molecule has 5 aliphatic carbocycles. The molecule has 0 unspecified atom stereocenters. The maximum atomic E-state index is 14.4. The summed E-state index contributed by atoms with van der Waals surface area (Å²) in [6.07, 6.45) is -0.447. The summed E-state index contributed by atoms with van der Waals surface area (Å²) < 4.78 is 11.5. The lowest BCUT2D eigenvalue weighted by molar-refractivity contribution is -0.295. The number of carbonyl (C=O) groups is 1. The van der Waals surface area contributed by atoms with Crippen molar-refractivity contribution in [1.29, 1.82) is 0 Å². The first-order chi connectivity index (χ1) is 20.9. The van der Waals surface area contributed by atoms with E-state index in [-0.39, 0.29) is 28.1 Å². The second-order valence-electron chi connectivity index (χ2n) is 17.0. The quantitative estimate of drug-likeness (QED) is 0.257. The molecule has 6 rings (SSSR count). The number of allylic oxidation sites excluding steroid dienone is 3. The van der Waals surface area contributed by atoms with Gasteiger partial charge in [0, 0.05) is 0 Å². The van der Waals surface area contributed by atoms with Crippen molar-refractivity contribution in [3.05, 3.63) is 22.8 Å². The van der Waals surface area contributed by atoms with E-state index in [0.29, 0.717) is 25.2 Å². The average Bonchev–Trinajstić information content (AvgIpc) is 2.98. The van der Waals surface area contributed by atoms with Crippen molar-refractivity contribution in [3.8, 4) is 0 Å². The topological polar surface area (TPSA) is 157 Å². The third kappa shape index (κ3) is 4.40. The number of aliphatic hydroxyl groups is 6. The predicted molar refractivity (Wildman–Crippen MR) is 166 cm³/mol. The minimum Gasteiger partial charge on any atom is -0.432 e. The van der Waals surface area contributed by atoms with Crippen molar-refractivity contribution in [1.82, 2.24) is 0 Å². The fourth-order valence-electron chi connectivity index (χ4n) is 11.7. The molecule has 0 aromatic heterocycles. The van der Waals surface area contributed by atoms with Crippen LogP contribution in [-0.2, 0) is 14.3 Å². The van der Waals surface area contributed by atoms with E-state index in [9.17, 15) is 35.4 Å². The Balaban J connectivity index is 1.39. The van der Waals surface area contributed by atoms with Gasteiger partial charge in [-0.3, -0.25) is 4.79 Å². The van der Waals surface area contributed by atoms with Gasteiger partial charge in [-0.15, -0.1) is 0 Å². The van der Waals surface area contributed by atoms with Crippen LogP contribution in [0.25, 0.3) is 0 Å². The summed E-state index contributed by atoms with van der Waals surface area (Å²) in [6, 6.07) is 0. The van der Waals surface area contributed by atoms with Gasteiger partial charge in [0.05, 0.1) is 24.2 Å². The molecule has 0 radical (unpaired) electrons. The van der Waals surface area contributed by atoms with Crippen LogP contribution < -0.4 is 0 Å². The zero-order chi connectivity index (χ0) is 33.1. The molecule has 1 saturated heterocycles. The van der Waals surface area contributed by atoms with Crippen LogP contribution in [0.3, 0.4) is 0 Å². The Morgan fingerprint density at radius 2 is 1.62 bits per heavy atom. The third-order valence-electron chi connectivity index (χ3n) is 14.8. The van der Waals surface area contributed by atoms with Gasteiger partial charge < -0.3 is 40.1 Å². The molecular formula is C36H56O9. The summed E-state index contributed by atoms with van der Waals surface area (Å²) in [7, 11) is 0. The monoisotopic (exact) mass is 632 g/mol. The van der Waals surface area contributed by atoms with Crippen LogP contribution >= 0.6 is 0 Å². The number of ether oxygens (including phenoxy) is 2. The lowest BCUT2D eigenvalue weighted by Crippen LogP contribution is -2.66. The molecule has 6 aliphatic rings. The molecule has 0 bridgehead atoms. The lowest BCUT2D eigenvalue weighted by Gasteiger charge is -2.70. The minimum atomic E-state index is -1.65. The highest BCUT2D eigenvalue weighted by Crippen LogP contribution is 2.75. The van der Waals surface area contributed by atoms with Crippen LogP contribution in [0.2, 0.25) is 0 Å². The van der Waals surface area contributed by atoms with Crippen molar-refractivity contribution in [2.75, 3.05) is 6.61 Å². The summed E-state index contributed by atoms with van der Waals surface area (Å²) >= 11 is 0. The maximum Gasteiger partial charge on any atom is 0.318 e. The summed E-state index contributed by atoms with van der Waals surface area (Å²) in [5, 5.41) is 63.1. The Morgan fingerprint density at radius 3 is 2.29 bits per heavy atom. The number of aliphatic hydroxyl groups excluding tert-OH is 6. The molecule has 9 nitrogen and oxygen atoms in total. The first-order valence-electron chi connectivity index (χ1n) is 17.2. The first-order valence-corrected chi connectivity index (χ1v) is 17.2. The van der Waals surface area contributed by atoms with Crippen molar-refractivity contribution in [2.45, 2.75) is 143 Å². The molecule has 0 aromatic carbocycles. The van der Waals surface area contributed by atoms with E-state index in [1.54, 1.807) is 0 Å². The molecule has 14 atom stereocenters. The van der Waals surface area contributed by atoms with Crippen molar-refractivity contribution in [2.24, 2.45) is 44.8 Å². The summed E-state index contributed by atoms with van der Waals surface area (Å²) in [4.78, 5) is 14.4. The molecule has 0 aromatic rings. The molecule has 1 heterocycles. The highest BCUT2D eigenvalue weighted by Gasteiger charge is 2.69. The van der Waals surface area contributed by atoms with Gasteiger partial charge in [-0.25, -0.2) is 0 Å². The van der Waals surface area contributed by atoms with Crippen LogP contribution in [0.4, 0.5) is 0 Å². The van der Waals surface area contributed by atoms with E-state index in [2.05, 4.69) is 54.5 Å². The molecule has 45 heavy (non-hydrogen) atoms. The Bertz CT molecular complexity index is 1270. The van der Waals surface area contributed by atoms with Gasteiger partial charge in [0.1, 0.15) is 24.4 Å². The average molecular weight is 633 g/mol. The number of carbonyl (C=O) groups excluding carboxylic acids is 1. The zero-order valence-corrected chi connectivity index (χ0v) is 28.1. The van der Waals surface area contributed by atoms with Crippen LogP contribution in [0.5, 0.6) is 0 Å². The molecule has 254 valence electrons. The summed E-state index contributed by atoms with van der Waals surface area (Å²) in [5.41, 5.74) is 1.65. The SMILES string of the molecule is CC1=C2C3=CC[C@@H]4[C@@]5(C)C[C@@H](O)[C@@H](O)C(C)(C)[C@@H]5CC[C@@]4(C)[C@]3(C)CC[C@@]2(C(=O)O[C@@H]2O[C@H](CO)[C@@H](O)[C@H](O)[C@H]2O)CC[C@H]1C. The Hall–Kier alpha value is -1.33. The second-order valence-corrected chi connectivity index (χ2v) is 17.0. The molecule has 4 fully saturated rings. The smallest absolute Gasteiger partial charge is 0.318 e. The van der Waals surface area contributed by atoms with E-state index in [1.165, 1.54) is 11.1 Å². The normalized spacial score (nSPS) is 52.5. The first kappa shape index (κ1) is 33.6.